The number of esters is 1. The Morgan fingerprint density at radius 3 is 2.40 bits per heavy atom. The first-order valence-corrected chi connectivity index (χ1v) is 7.97. The Morgan fingerprint density at radius 2 is 1.90 bits per heavy atom. The van der Waals surface area contributed by atoms with Crippen molar-refractivity contribution in [1.82, 2.24) is 0 Å². The molecule has 0 aromatic heterocycles. The van der Waals surface area contributed by atoms with E-state index in [9.17, 15) is 9.90 Å². The monoisotopic (exact) mass is 296 g/mol. The Labute approximate surface area is 125 Å². The number of aliphatic hydroxyl groups excluding tert-OH is 1. The topological polar surface area (TPSA) is 46.5 Å². The molecule has 0 aliphatic carbocycles. The predicted octanol–water partition coefficient (Wildman–Crippen LogP) is 3.26. The van der Waals surface area contributed by atoms with E-state index < -0.39 is 17.6 Å². The maximum atomic E-state index is 12.0. The summed E-state index contributed by atoms with van der Waals surface area (Å²) in [5.74, 6) is 0.574. The summed E-state index contributed by atoms with van der Waals surface area (Å²) in [6.07, 6.45) is -0.701. The molecule has 0 heterocycles. The van der Waals surface area contributed by atoms with Crippen LogP contribution in [0.1, 0.15) is 33.3 Å². The van der Waals surface area contributed by atoms with Gasteiger partial charge in [0.05, 0.1) is 12.0 Å². The normalized spacial score (nSPS) is 14.7. The molecule has 1 rings (SSSR count). The molecular weight excluding hydrogens is 272 g/mol. The molecule has 0 saturated carbocycles. The van der Waals surface area contributed by atoms with Gasteiger partial charge in [-0.1, -0.05) is 30.3 Å². The summed E-state index contributed by atoms with van der Waals surface area (Å²) in [6.45, 7) is 7.14. The first-order chi connectivity index (χ1) is 9.29. The third-order valence-corrected chi connectivity index (χ3v) is 3.83. The molecule has 112 valence electrons. The van der Waals surface area contributed by atoms with Crippen molar-refractivity contribution in [2.24, 2.45) is 5.92 Å². The molecule has 3 nitrogen and oxygen atoms in total. The highest BCUT2D eigenvalue weighted by Gasteiger charge is 2.28. The lowest BCUT2D eigenvalue weighted by molar-refractivity contribution is -0.162. The predicted molar refractivity (Wildman–Crippen MR) is 83.6 cm³/mol. The number of carbonyl (C=O) groups excluding carboxylic acids is 1. The second kappa shape index (κ2) is 7.70. The fraction of sp³-hybridized carbons (Fsp3) is 0.562. The molecule has 1 aromatic rings. The highest BCUT2D eigenvalue weighted by atomic mass is 32.2. The lowest BCUT2D eigenvalue weighted by Gasteiger charge is -2.25. The van der Waals surface area contributed by atoms with Crippen LogP contribution in [-0.2, 0) is 15.3 Å². The molecule has 4 heteroatoms. The van der Waals surface area contributed by atoms with Crippen LogP contribution in [0, 0.1) is 5.92 Å². The van der Waals surface area contributed by atoms with Crippen molar-refractivity contribution in [3.8, 4) is 0 Å². The van der Waals surface area contributed by atoms with Gasteiger partial charge in [0.25, 0.3) is 0 Å². The van der Waals surface area contributed by atoms with Crippen molar-refractivity contribution in [2.45, 2.75) is 45.2 Å². The highest BCUT2D eigenvalue weighted by molar-refractivity contribution is 7.98. The van der Waals surface area contributed by atoms with Crippen LogP contribution < -0.4 is 0 Å². The van der Waals surface area contributed by atoms with Gasteiger partial charge < -0.3 is 9.84 Å². The second-order valence-corrected chi connectivity index (χ2v) is 6.91. The van der Waals surface area contributed by atoms with Crippen LogP contribution >= 0.6 is 11.8 Å². The molecule has 0 radical (unpaired) electrons. The zero-order chi connectivity index (χ0) is 15.2. The minimum atomic E-state index is -0.701. The molecule has 0 spiro atoms. The molecule has 0 amide bonds. The van der Waals surface area contributed by atoms with Crippen molar-refractivity contribution in [3.05, 3.63) is 35.9 Å². The van der Waals surface area contributed by atoms with Crippen LogP contribution in [0.15, 0.2) is 30.3 Å². The Bertz CT molecular complexity index is 409. The van der Waals surface area contributed by atoms with Crippen LogP contribution in [0.25, 0.3) is 0 Å². The van der Waals surface area contributed by atoms with Gasteiger partial charge in [0.2, 0.25) is 0 Å². The number of hydrogen-bond acceptors (Lipinski definition) is 4. The van der Waals surface area contributed by atoms with Gasteiger partial charge in [-0.3, -0.25) is 4.79 Å². The number of hydrogen-bond donors (Lipinski definition) is 1. The van der Waals surface area contributed by atoms with Gasteiger partial charge >= 0.3 is 5.97 Å². The first-order valence-electron chi connectivity index (χ1n) is 6.82. The Kier molecular flexibility index (Phi) is 6.56. The zero-order valence-electron chi connectivity index (χ0n) is 12.6. The van der Waals surface area contributed by atoms with Gasteiger partial charge in [0, 0.05) is 11.5 Å². The van der Waals surface area contributed by atoms with Crippen molar-refractivity contribution >= 4 is 17.7 Å². The minimum Gasteiger partial charge on any atom is -0.460 e. The highest BCUT2D eigenvalue weighted by Crippen LogP contribution is 2.21. The van der Waals surface area contributed by atoms with Crippen molar-refractivity contribution in [1.29, 1.82) is 0 Å². The van der Waals surface area contributed by atoms with Crippen LogP contribution in [0.5, 0.6) is 0 Å². The van der Waals surface area contributed by atoms with Crippen molar-refractivity contribution in [3.63, 3.8) is 0 Å². The largest absolute Gasteiger partial charge is 0.460 e. The van der Waals surface area contributed by atoms with Gasteiger partial charge in [0.1, 0.15) is 5.60 Å². The third kappa shape index (κ3) is 6.44. The van der Waals surface area contributed by atoms with E-state index in [4.69, 9.17) is 4.74 Å². The number of benzene rings is 1. The number of thioether (sulfide) groups is 1. The van der Waals surface area contributed by atoms with Gasteiger partial charge in [-0.05, 0) is 33.3 Å². The molecule has 0 bridgehead atoms. The van der Waals surface area contributed by atoms with E-state index in [1.54, 1.807) is 18.7 Å². The maximum absolute atomic E-state index is 12.0. The average molecular weight is 296 g/mol. The molecule has 0 fully saturated rings. The number of aliphatic hydroxyl groups is 1. The van der Waals surface area contributed by atoms with E-state index >= 15 is 0 Å². The van der Waals surface area contributed by atoms with E-state index in [1.807, 2.05) is 39.0 Å². The SMILES string of the molecule is C[C@H](O)[C@H](CSCc1ccccc1)C(=O)OC(C)(C)C. The standard InChI is InChI=1S/C16H24O3S/c1-12(17)14(15(18)19-16(2,3)4)11-20-10-13-8-6-5-7-9-13/h5-9,12,14,17H,10-11H2,1-4H3/t12-,14-/m0/s1. The first kappa shape index (κ1) is 17.1. The van der Waals surface area contributed by atoms with Crippen molar-refractivity contribution in [2.75, 3.05) is 5.75 Å². The summed E-state index contributed by atoms with van der Waals surface area (Å²) in [5, 5.41) is 9.76. The number of ether oxygens (including phenoxy) is 1. The van der Waals surface area contributed by atoms with E-state index in [2.05, 4.69) is 12.1 Å². The van der Waals surface area contributed by atoms with Gasteiger partial charge in [-0.15, -0.1) is 0 Å². The zero-order valence-corrected chi connectivity index (χ0v) is 13.4. The average Bonchev–Trinajstić information content (AvgIpc) is 2.33. The van der Waals surface area contributed by atoms with E-state index in [0.717, 1.165) is 5.75 Å². The quantitative estimate of drug-likeness (QED) is 0.819. The third-order valence-electron chi connectivity index (χ3n) is 2.70. The molecular formula is C16H24O3S. The molecule has 2 atom stereocenters. The molecule has 1 aromatic carbocycles. The second-order valence-electron chi connectivity index (χ2n) is 5.88. The summed E-state index contributed by atoms with van der Waals surface area (Å²) in [6, 6.07) is 10.1. The molecule has 0 unspecified atom stereocenters. The van der Waals surface area contributed by atoms with Gasteiger partial charge in [-0.2, -0.15) is 11.8 Å². The lowest BCUT2D eigenvalue weighted by atomic mass is 10.1. The molecule has 0 aliphatic heterocycles. The fourth-order valence-corrected chi connectivity index (χ4v) is 2.87. The Hall–Kier alpha value is -1.00. The van der Waals surface area contributed by atoms with Gasteiger partial charge in [0.15, 0.2) is 0 Å². The smallest absolute Gasteiger partial charge is 0.312 e. The summed E-state index contributed by atoms with van der Waals surface area (Å²) in [7, 11) is 0. The molecule has 0 saturated heterocycles. The van der Waals surface area contributed by atoms with Crippen LogP contribution in [0.3, 0.4) is 0 Å². The minimum absolute atomic E-state index is 0.326. The van der Waals surface area contributed by atoms with Crippen LogP contribution in [-0.4, -0.2) is 28.5 Å². The number of rotatable bonds is 6. The summed E-state index contributed by atoms with van der Waals surface area (Å²) in [4.78, 5) is 12.0. The van der Waals surface area contributed by atoms with Crippen LogP contribution in [0.4, 0.5) is 0 Å². The summed E-state index contributed by atoms with van der Waals surface area (Å²) in [5.41, 5.74) is 0.694. The van der Waals surface area contributed by atoms with E-state index in [-0.39, 0.29) is 5.97 Å². The molecule has 1 N–H and O–H groups in total. The maximum Gasteiger partial charge on any atom is 0.312 e. The van der Waals surface area contributed by atoms with Gasteiger partial charge in [-0.25, -0.2) is 0 Å². The Morgan fingerprint density at radius 1 is 1.30 bits per heavy atom. The Balaban J connectivity index is 2.49. The molecule has 20 heavy (non-hydrogen) atoms. The van der Waals surface area contributed by atoms with Crippen LogP contribution in [0.2, 0.25) is 0 Å². The van der Waals surface area contributed by atoms with E-state index in [0.29, 0.717) is 5.75 Å². The molecule has 0 aliphatic rings. The van der Waals surface area contributed by atoms with Crippen molar-refractivity contribution < 1.29 is 14.6 Å². The summed E-state index contributed by atoms with van der Waals surface area (Å²) >= 11 is 1.64. The lowest BCUT2D eigenvalue weighted by Crippen LogP contribution is -2.35. The summed E-state index contributed by atoms with van der Waals surface area (Å²) < 4.78 is 5.35. The fourth-order valence-electron chi connectivity index (χ4n) is 1.66. The number of carbonyl (C=O) groups is 1. The van der Waals surface area contributed by atoms with E-state index in [1.165, 1.54) is 5.56 Å².